The van der Waals surface area contributed by atoms with Gasteiger partial charge >= 0.3 is 0 Å². The Morgan fingerprint density at radius 3 is 2.10 bits per heavy atom. The van der Waals surface area contributed by atoms with Gasteiger partial charge in [-0.2, -0.15) is 0 Å². The highest BCUT2D eigenvalue weighted by molar-refractivity contribution is 6.33. The van der Waals surface area contributed by atoms with Gasteiger partial charge in [-0.25, -0.2) is 0 Å². The second-order valence-electron chi connectivity index (χ2n) is 4.97. The van der Waals surface area contributed by atoms with Gasteiger partial charge in [-0.05, 0) is 47.9 Å². The molecule has 0 aliphatic carbocycles. The first-order valence-electron chi connectivity index (χ1n) is 6.33. The molecule has 0 N–H and O–H groups in total. The molecule has 2 rings (SSSR count). The molecular formula is C16H13Cl5. The Labute approximate surface area is 149 Å². The van der Waals surface area contributed by atoms with Gasteiger partial charge in [0.05, 0.1) is 0 Å². The minimum Gasteiger partial charge on any atom is -0.126 e. The van der Waals surface area contributed by atoms with Crippen LogP contribution in [0.5, 0.6) is 0 Å². The van der Waals surface area contributed by atoms with Gasteiger partial charge in [0.1, 0.15) is 0 Å². The van der Waals surface area contributed by atoms with Crippen LogP contribution in [0.4, 0.5) is 0 Å². The molecule has 0 amide bonds. The molecular weight excluding hydrogens is 369 g/mol. The van der Waals surface area contributed by atoms with Gasteiger partial charge < -0.3 is 0 Å². The summed E-state index contributed by atoms with van der Waals surface area (Å²) in [6, 6.07) is 13.0. The summed E-state index contributed by atoms with van der Waals surface area (Å²) in [6.07, 6.45) is 0.597. The molecule has 0 heterocycles. The fourth-order valence-electron chi connectivity index (χ4n) is 2.25. The van der Waals surface area contributed by atoms with Crippen LogP contribution < -0.4 is 0 Å². The maximum absolute atomic E-state index is 6.26. The molecule has 0 atom stereocenters. The van der Waals surface area contributed by atoms with E-state index in [4.69, 9.17) is 58.0 Å². The van der Waals surface area contributed by atoms with Crippen molar-refractivity contribution in [1.82, 2.24) is 0 Å². The molecule has 0 saturated heterocycles. The summed E-state index contributed by atoms with van der Waals surface area (Å²) < 4.78 is 0. The molecule has 2 aromatic rings. The molecule has 0 saturated carbocycles. The maximum atomic E-state index is 6.26. The second kappa shape index (κ2) is 7.44. The summed E-state index contributed by atoms with van der Waals surface area (Å²) in [4.78, 5) is 0. The zero-order chi connectivity index (χ0) is 15.5. The predicted octanol–water partition coefficient (Wildman–Crippen LogP) is 6.60. The van der Waals surface area contributed by atoms with Gasteiger partial charge in [0, 0.05) is 32.2 Å². The van der Waals surface area contributed by atoms with E-state index in [1.54, 1.807) is 12.1 Å². The summed E-state index contributed by atoms with van der Waals surface area (Å²) in [5.41, 5.74) is 1.48. The van der Waals surface area contributed by atoms with E-state index in [-0.39, 0.29) is 0 Å². The van der Waals surface area contributed by atoms with Crippen molar-refractivity contribution in [2.45, 2.75) is 11.8 Å². The first-order chi connectivity index (χ1) is 10.0. The van der Waals surface area contributed by atoms with Crippen molar-refractivity contribution in [2.75, 3.05) is 11.8 Å². The van der Waals surface area contributed by atoms with Crippen LogP contribution in [0, 0.1) is 0 Å². The fourth-order valence-corrected chi connectivity index (χ4v) is 3.60. The Hall–Kier alpha value is -0.110. The third kappa shape index (κ3) is 4.00. The van der Waals surface area contributed by atoms with Crippen molar-refractivity contribution in [3.63, 3.8) is 0 Å². The summed E-state index contributed by atoms with van der Waals surface area (Å²) in [5.74, 6) is 0.722. The van der Waals surface area contributed by atoms with Crippen LogP contribution >= 0.6 is 58.0 Å². The minimum absolute atomic E-state index is 0.361. The van der Waals surface area contributed by atoms with Crippen LogP contribution in [0.2, 0.25) is 15.1 Å². The molecule has 0 spiro atoms. The van der Waals surface area contributed by atoms with Gasteiger partial charge in [-0.1, -0.05) is 46.9 Å². The largest absolute Gasteiger partial charge is 0.126 e. The molecule has 21 heavy (non-hydrogen) atoms. The summed E-state index contributed by atoms with van der Waals surface area (Å²) in [6.45, 7) is 0. The molecule has 5 heteroatoms. The average Bonchev–Trinajstić information content (AvgIpc) is 2.48. The third-order valence-corrected chi connectivity index (χ3v) is 5.35. The molecule has 0 aliphatic rings. The van der Waals surface area contributed by atoms with Gasteiger partial charge in [-0.15, -0.1) is 23.2 Å². The molecule has 112 valence electrons. The molecule has 0 fully saturated rings. The molecule has 2 aromatic carbocycles. The lowest BCUT2D eigenvalue weighted by Gasteiger charge is -2.31. The Kier molecular flexibility index (Phi) is 6.11. The highest BCUT2D eigenvalue weighted by Gasteiger charge is 2.32. The van der Waals surface area contributed by atoms with E-state index >= 15 is 0 Å². The van der Waals surface area contributed by atoms with Crippen molar-refractivity contribution >= 4 is 58.0 Å². The Bertz CT molecular complexity index is 620. The number of rotatable bonds is 5. The van der Waals surface area contributed by atoms with Gasteiger partial charge in [0.2, 0.25) is 0 Å². The van der Waals surface area contributed by atoms with Crippen molar-refractivity contribution in [3.8, 4) is 0 Å². The summed E-state index contributed by atoms with van der Waals surface area (Å²) in [5, 5.41) is 1.95. The molecule has 0 nitrogen and oxygen atoms in total. The van der Waals surface area contributed by atoms with Crippen molar-refractivity contribution in [2.24, 2.45) is 0 Å². The minimum atomic E-state index is -0.442. The first kappa shape index (κ1) is 17.2. The monoisotopic (exact) mass is 380 g/mol. The van der Waals surface area contributed by atoms with E-state index in [1.165, 1.54) is 0 Å². The molecule has 0 radical (unpaired) electrons. The lowest BCUT2D eigenvalue weighted by Crippen LogP contribution is -2.33. The quantitative estimate of drug-likeness (QED) is 0.511. The number of alkyl halides is 2. The number of hydrogen-bond acceptors (Lipinski definition) is 0. The Morgan fingerprint density at radius 2 is 1.48 bits per heavy atom. The van der Waals surface area contributed by atoms with Crippen LogP contribution in [-0.2, 0) is 11.8 Å². The first-order valence-corrected chi connectivity index (χ1v) is 8.53. The van der Waals surface area contributed by atoms with E-state index in [0.717, 1.165) is 11.1 Å². The smallest absolute Gasteiger partial charge is 0.0439 e. The molecule has 0 bridgehead atoms. The van der Waals surface area contributed by atoms with Crippen LogP contribution in [0.25, 0.3) is 0 Å². The Morgan fingerprint density at radius 1 is 0.810 bits per heavy atom. The topological polar surface area (TPSA) is 0 Å². The predicted molar refractivity (Wildman–Crippen MR) is 94.7 cm³/mol. The van der Waals surface area contributed by atoms with Gasteiger partial charge in [0.25, 0.3) is 0 Å². The highest BCUT2D eigenvalue weighted by Crippen LogP contribution is 2.35. The van der Waals surface area contributed by atoms with Crippen molar-refractivity contribution < 1.29 is 0 Å². The van der Waals surface area contributed by atoms with Gasteiger partial charge in [-0.3, -0.25) is 0 Å². The highest BCUT2D eigenvalue weighted by atomic mass is 35.5. The average molecular weight is 383 g/mol. The molecule has 0 aromatic heterocycles. The maximum Gasteiger partial charge on any atom is 0.0439 e. The zero-order valence-corrected chi connectivity index (χ0v) is 14.8. The van der Waals surface area contributed by atoms with Crippen LogP contribution in [0.3, 0.4) is 0 Å². The molecule has 0 unspecified atom stereocenters. The van der Waals surface area contributed by atoms with E-state index in [2.05, 4.69) is 0 Å². The third-order valence-electron chi connectivity index (χ3n) is 3.49. The van der Waals surface area contributed by atoms with E-state index < -0.39 is 5.41 Å². The summed E-state index contributed by atoms with van der Waals surface area (Å²) >= 11 is 30.9. The van der Waals surface area contributed by atoms with E-state index in [1.807, 2.05) is 30.3 Å². The van der Waals surface area contributed by atoms with E-state index in [0.29, 0.717) is 33.2 Å². The van der Waals surface area contributed by atoms with Crippen molar-refractivity contribution in [3.05, 3.63) is 68.7 Å². The lowest BCUT2D eigenvalue weighted by atomic mass is 9.78. The van der Waals surface area contributed by atoms with Crippen LogP contribution in [0.15, 0.2) is 42.5 Å². The van der Waals surface area contributed by atoms with Gasteiger partial charge in [0.15, 0.2) is 0 Å². The number of benzene rings is 2. The normalized spacial score (nSPS) is 11.7. The fraction of sp³-hybridized carbons (Fsp3) is 0.250. The SMILES string of the molecule is ClCC(CCl)(Cc1cc(Cl)ccc1Cl)c1cccc(Cl)c1. The van der Waals surface area contributed by atoms with E-state index in [9.17, 15) is 0 Å². The molecule has 0 aliphatic heterocycles. The van der Waals surface area contributed by atoms with Crippen molar-refractivity contribution in [1.29, 1.82) is 0 Å². The number of hydrogen-bond donors (Lipinski definition) is 0. The summed E-state index contributed by atoms with van der Waals surface area (Å²) in [7, 11) is 0. The lowest BCUT2D eigenvalue weighted by molar-refractivity contribution is 0.536. The zero-order valence-electron chi connectivity index (χ0n) is 11.1. The standard InChI is InChI=1S/C16H13Cl5/c17-9-16(10-18,12-2-1-3-13(19)7-12)8-11-6-14(20)4-5-15(11)21/h1-7H,8-10H2. The second-order valence-corrected chi connectivity index (χ2v) is 6.79. The Balaban J connectivity index is 2.45. The number of halogens is 5. The van der Waals surface area contributed by atoms with Crippen LogP contribution in [-0.4, -0.2) is 11.8 Å². The van der Waals surface area contributed by atoms with Crippen LogP contribution in [0.1, 0.15) is 11.1 Å².